The lowest BCUT2D eigenvalue weighted by Crippen LogP contribution is -2.22. The van der Waals surface area contributed by atoms with Crippen LogP contribution in [0.3, 0.4) is 0 Å². The molecule has 96 valence electrons. The van der Waals surface area contributed by atoms with Crippen molar-refractivity contribution in [2.45, 2.75) is 17.9 Å². The Morgan fingerprint density at radius 1 is 1.29 bits per heavy atom. The maximum absolute atomic E-state index is 11.8. The van der Waals surface area contributed by atoms with Gasteiger partial charge in [-0.05, 0) is 31.2 Å². The second-order valence-corrected chi connectivity index (χ2v) is 6.47. The number of alkyl halides is 1. The van der Waals surface area contributed by atoms with Gasteiger partial charge in [0.25, 0.3) is 0 Å². The normalized spacial score (nSPS) is 13.7. The molecule has 0 fully saturated rings. The van der Waals surface area contributed by atoms with Crippen LogP contribution >= 0.6 is 11.6 Å². The molecule has 0 aliphatic rings. The standard InChI is InChI=1S/C11H17ClN2O2S/c1-9(8-12)13-10-4-6-11(7-5-10)17(15,16)14(2)3/h4-7,9,13H,8H2,1-3H3. The molecule has 0 saturated carbocycles. The van der Waals surface area contributed by atoms with Gasteiger partial charge in [0.05, 0.1) is 4.90 Å². The first-order valence-corrected chi connectivity index (χ1v) is 7.20. The Morgan fingerprint density at radius 2 is 1.82 bits per heavy atom. The number of rotatable bonds is 5. The van der Waals surface area contributed by atoms with E-state index in [0.717, 1.165) is 5.69 Å². The fourth-order valence-corrected chi connectivity index (χ4v) is 2.24. The molecule has 1 atom stereocenters. The Bertz CT molecular complexity index is 457. The van der Waals surface area contributed by atoms with Crippen LogP contribution in [-0.2, 0) is 10.0 Å². The first-order valence-electron chi connectivity index (χ1n) is 5.23. The van der Waals surface area contributed by atoms with Crippen molar-refractivity contribution in [3.05, 3.63) is 24.3 Å². The van der Waals surface area contributed by atoms with Gasteiger partial charge >= 0.3 is 0 Å². The number of benzene rings is 1. The number of hydrogen-bond acceptors (Lipinski definition) is 3. The molecule has 0 aromatic heterocycles. The van der Waals surface area contributed by atoms with Crippen LogP contribution in [0.5, 0.6) is 0 Å². The van der Waals surface area contributed by atoms with Crippen molar-refractivity contribution in [3.8, 4) is 0 Å². The molecule has 0 aliphatic carbocycles. The number of anilines is 1. The van der Waals surface area contributed by atoms with Gasteiger partial charge in [0.2, 0.25) is 10.0 Å². The molecule has 0 bridgehead atoms. The Morgan fingerprint density at radius 3 is 2.24 bits per heavy atom. The first-order chi connectivity index (χ1) is 7.87. The summed E-state index contributed by atoms with van der Waals surface area (Å²) in [6, 6.07) is 6.78. The Labute approximate surface area is 108 Å². The zero-order chi connectivity index (χ0) is 13.1. The van der Waals surface area contributed by atoms with Gasteiger partial charge in [-0.2, -0.15) is 0 Å². The molecule has 1 unspecified atom stereocenters. The van der Waals surface area contributed by atoms with E-state index in [9.17, 15) is 8.42 Å². The molecule has 1 aromatic carbocycles. The summed E-state index contributed by atoms with van der Waals surface area (Å²) in [5.74, 6) is 0.498. The minimum absolute atomic E-state index is 0.146. The van der Waals surface area contributed by atoms with Crippen LogP contribution in [0.25, 0.3) is 0 Å². The summed E-state index contributed by atoms with van der Waals surface area (Å²) in [4.78, 5) is 0.284. The molecule has 0 amide bonds. The molecule has 6 heteroatoms. The summed E-state index contributed by atoms with van der Waals surface area (Å²) in [5, 5.41) is 3.16. The molecule has 0 aliphatic heterocycles. The van der Waals surface area contributed by atoms with Crippen molar-refractivity contribution < 1.29 is 8.42 Å². The molecule has 0 saturated heterocycles. The number of sulfonamides is 1. The molecule has 1 rings (SSSR count). The predicted octanol–water partition coefficient (Wildman–Crippen LogP) is 1.98. The molecule has 1 aromatic rings. The fourth-order valence-electron chi connectivity index (χ4n) is 1.26. The molecular weight excluding hydrogens is 260 g/mol. The summed E-state index contributed by atoms with van der Waals surface area (Å²) in [6.45, 7) is 1.96. The SMILES string of the molecule is CC(CCl)Nc1ccc(S(=O)(=O)N(C)C)cc1. The van der Waals surface area contributed by atoms with Gasteiger partial charge in [-0.3, -0.25) is 0 Å². The Kier molecular flexibility index (Phi) is 4.80. The average Bonchev–Trinajstić information content (AvgIpc) is 2.29. The van der Waals surface area contributed by atoms with Crippen molar-refractivity contribution in [1.29, 1.82) is 0 Å². The minimum Gasteiger partial charge on any atom is -0.381 e. The maximum Gasteiger partial charge on any atom is 0.242 e. The molecular formula is C11H17ClN2O2S. The highest BCUT2D eigenvalue weighted by atomic mass is 35.5. The van der Waals surface area contributed by atoms with Gasteiger partial charge in [0.1, 0.15) is 0 Å². The van der Waals surface area contributed by atoms with Crippen molar-refractivity contribution >= 4 is 27.3 Å². The zero-order valence-corrected chi connectivity index (χ0v) is 11.7. The van der Waals surface area contributed by atoms with E-state index in [2.05, 4.69) is 5.32 Å². The van der Waals surface area contributed by atoms with Crippen LogP contribution < -0.4 is 5.32 Å². The van der Waals surface area contributed by atoms with E-state index >= 15 is 0 Å². The molecule has 0 heterocycles. The maximum atomic E-state index is 11.8. The monoisotopic (exact) mass is 276 g/mol. The van der Waals surface area contributed by atoms with E-state index in [-0.39, 0.29) is 10.9 Å². The summed E-state index contributed by atoms with van der Waals surface area (Å²) in [6.07, 6.45) is 0. The highest BCUT2D eigenvalue weighted by Crippen LogP contribution is 2.17. The molecule has 17 heavy (non-hydrogen) atoms. The zero-order valence-electron chi connectivity index (χ0n) is 10.1. The Hall–Kier alpha value is -0.780. The predicted molar refractivity (Wildman–Crippen MR) is 71.1 cm³/mol. The first kappa shape index (κ1) is 14.3. The van der Waals surface area contributed by atoms with Crippen molar-refractivity contribution in [1.82, 2.24) is 4.31 Å². The number of nitrogens with one attached hydrogen (secondary N) is 1. The van der Waals surface area contributed by atoms with E-state index < -0.39 is 10.0 Å². The van der Waals surface area contributed by atoms with Crippen LogP contribution in [-0.4, -0.2) is 38.7 Å². The lowest BCUT2D eigenvalue weighted by molar-refractivity contribution is 0.521. The second-order valence-electron chi connectivity index (χ2n) is 4.01. The van der Waals surface area contributed by atoms with Crippen LogP contribution in [0.2, 0.25) is 0 Å². The number of halogens is 1. The van der Waals surface area contributed by atoms with Crippen molar-refractivity contribution in [3.63, 3.8) is 0 Å². The Balaban J connectivity index is 2.89. The van der Waals surface area contributed by atoms with Gasteiger partial charge in [-0.25, -0.2) is 12.7 Å². The smallest absolute Gasteiger partial charge is 0.242 e. The second kappa shape index (κ2) is 5.71. The molecule has 4 nitrogen and oxygen atoms in total. The average molecular weight is 277 g/mol. The van der Waals surface area contributed by atoms with Gasteiger partial charge in [-0.15, -0.1) is 11.6 Å². The lowest BCUT2D eigenvalue weighted by atomic mass is 10.3. The lowest BCUT2D eigenvalue weighted by Gasteiger charge is -2.14. The fraction of sp³-hybridized carbons (Fsp3) is 0.455. The van der Waals surface area contributed by atoms with Gasteiger partial charge in [-0.1, -0.05) is 0 Å². The third-order valence-electron chi connectivity index (χ3n) is 2.28. The van der Waals surface area contributed by atoms with E-state index in [1.807, 2.05) is 6.92 Å². The van der Waals surface area contributed by atoms with Crippen molar-refractivity contribution in [2.24, 2.45) is 0 Å². The highest BCUT2D eigenvalue weighted by molar-refractivity contribution is 7.89. The summed E-state index contributed by atoms with van der Waals surface area (Å²) in [5.41, 5.74) is 0.857. The van der Waals surface area contributed by atoms with Gasteiger partial charge in [0, 0.05) is 31.7 Å². The van der Waals surface area contributed by atoms with E-state index in [1.165, 1.54) is 18.4 Å². The minimum atomic E-state index is -3.35. The largest absolute Gasteiger partial charge is 0.381 e. The molecule has 0 radical (unpaired) electrons. The summed E-state index contributed by atoms with van der Waals surface area (Å²) >= 11 is 5.68. The van der Waals surface area contributed by atoms with E-state index in [0.29, 0.717) is 5.88 Å². The van der Waals surface area contributed by atoms with Crippen LogP contribution in [0.1, 0.15) is 6.92 Å². The quantitative estimate of drug-likeness (QED) is 0.837. The number of nitrogens with zero attached hydrogens (tertiary/aromatic N) is 1. The topological polar surface area (TPSA) is 49.4 Å². The summed E-state index contributed by atoms with van der Waals surface area (Å²) < 4.78 is 24.8. The van der Waals surface area contributed by atoms with Crippen LogP contribution in [0.15, 0.2) is 29.2 Å². The van der Waals surface area contributed by atoms with E-state index in [4.69, 9.17) is 11.6 Å². The van der Waals surface area contributed by atoms with Crippen LogP contribution in [0, 0.1) is 0 Å². The third-order valence-corrected chi connectivity index (χ3v) is 4.57. The van der Waals surface area contributed by atoms with E-state index in [1.54, 1.807) is 24.3 Å². The number of hydrogen-bond donors (Lipinski definition) is 1. The highest BCUT2D eigenvalue weighted by Gasteiger charge is 2.16. The summed E-state index contributed by atoms with van der Waals surface area (Å²) in [7, 11) is -0.326. The molecule has 0 spiro atoms. The van der Waals surface area contributed by atoms with Crippen molar-refractivity contribution in [2.75, 3.05) is 25.3 Å². The molecule has 1 N–H and O–H groups in total. The van der Waals surface area contributed by atoms with Gasteiger partial charge in [0.15, 0.2) is 0 Å². The van der Waals surface area contributed by atoms with Gasteiger partial charge < -0.3 is 5.32 Å². The third kappa shape index (κ3) is 3.59. The van der Waals surface area contributed by atoms with Crippen LogP contribution in [0.4, 0.5) is 5.69 Å².